The van der Waals surface area contributed by atoms with Gasteiger partial charge in [0.15, 0.2) is 11.4 Å². The molecule has 1 aliphatic heterocycles. The summed E-state index contributed by atoms with van der Waals surface area (Å²) in [6.45, 7) is 4.92. The van der Waals surface area contributed by atoms with Crippen LogP contribution in [0.25, 0.3) is 22.1 Å². The van der Waals surface area contributed by atoms with Gasteiger partial charge in [-0.15, -0.1) is 11.3 Å². The largest absolute Gasteiger partial charge is 0.450 e. The SMILES string of the molecule is Brc1ccc(CN2CCN(c3ncnc4c3oc3ccccc34)CC2)s1. The molecule has 4 aromatic rings. The second kappa shape index (κ2) is 6.64. The van der Waals surface area contributed by atoms with Crippen molar-refractivity contribution in [3.05, 3.63) is 51.4 Å². The van der Waals surface area contributed by atoms with Gasteiger partial charge in [-0.25, -0.2) is 9.97 Å². The molecule has 4 heterocycles. The number of halogens is 1. The Hall–Kier alpha value is -1.96. The lowest BCUT2D eigenvalue weighted by molar-refractivity contribution is 0.251. The van der Waals surface area contributed by atoms with Crippen molar-refractivity contribution in [1.29, 1.82) is 0 Å². The Balaban J connectivity index is 1.38. The third kappa shape index (κ3) is 2.90. The van der Waals surface area contributed by atoms with Crippen molar-refractivity contribution in [1.82, 2.24) is 14.9 Å². The van der Waals surface area contributed by atoms with E-state index in [2.05, 4.69) is 53.9 Å². The normalized spacial score (nSPS) is 16.0. The summed E-state index contributed by atoms with van der Waals surface area (Å²) < 4.78 is 7.27. The molecule has 0 bridgehead atoms. The molecule has 0 radical (unpaired) electrons. The molecule has 5 rings (SSSR count). The highest BCUT2D eigenvalue weighted by molar-refractivity contribution is 9.11. The Morgan fingerprint density at radius 3 is 2.69 bits per heavy atom. The number of para-hydroxylation sites is 1. The second-order valence-electron chi connectivity index (χ2n) is 6.44. The lowest BCUT2D eigenvalue weighted by Gasteiger charge is -2.34. The van der Waals surface area contributed by atoms with Crippen LogP contribution in [0.5, 0.6) is 0 Å². The van der Waals surface area contributed by atoms with E-state index in [1.807, 2.05) is 29.5 Å². The number of anilines is 1. The lowest BCUT2D eigenvalue weighted by Crippen LogP contribution is -2.46. The summed E-state index contributed by atoms with van der Waals surface area (Å²) >= 11 is 5.35. The predicted molar refractivity (Wildman–Crippen MR) is 109 cm³/mol. The summed E-state index contributed by atoms with van der Waals surface area (Å²) in [6.07, 6.45) is 1.65. The maximum Gasteiger partial charge on any atom is 0.196 e. The summed E-state index contributed by atoms with van der Waals surface area (Å²) in [6, 6.07) is 12.4. The van der Waals surface area contributed by atoms with E-state index in [1.165, 1.54) is 8.66 Å². The highest BCUT2D eigenvalue weighted by Gasteiger charge is 2.22. The zero-order chi connectivity index (χ0) is 17.5. The van der Waals surface area contributed by atoms with E-state index in [4.69, 9.17) is 4.42 Å². The molecule has 0 saturated carbocycles. The van der Waals surface area contributed by atoms with E-state index in [1.54, 1.807) is 6.33 Å². The molecule has 0 atom stereocenters. The average Bonchev–Trinajstić information content (AvgIpc) is 3.25. The fourth-order valence-corrected chi connectivity index (χ4v) is 5.04. The summed E-state index contributed by atoms with van der Waals surface area (Å²) in [5, 5.41) is 1.05. The van der Waals surface area contributed by atoms with Gasteiger partial charge in [0.2, 0.25) is 0 Å². The van der Waals surface area contributed by atoms with Gasteiger partial charge in [0.1, 0.15) is 17.4 Å². The van der Waals surface area contributed by atoms with Crippen LogP contribution in [0.15, 0.2) is 50.9 Å². The van der Waals surface area contributed by atoms with Gasteiger partial charge in [-0.1, -0.05) is 12.1 Å². The molecule has 0 aliphatic carbocycles. The van der Waals surface area contributed by atoms with Gasteiger partial charge in [0.05, 0.1) is 3.79 Å². The number of furan rings is 1. The first-order valence-electron chi connectivity index (χ1n) is 8.62. The maximum absolute atomic E-state index is 6.08. The first-order chi connectivity index (χ1) is 12.8. The van der Waals surface area contributed by atoms with Crippen LogP contribution in [0.3, 0.4) is 0 Å². The number of hydrogen-bond acceptors (Lipinski definition) is 6. The average molecular weight is 429 g/mol. The van der Waals surface area contributed by atoms with Crippen LogP contribution < -0.4 is 4.90 Å². The van der Waals surface area contributed by atoms with Crippen LogP contribution in [0.4, 0.5) is 5.82 Å². The molecule has 0 unspecified atom stereocenters. The highest BCUT2D eigenvalue weighted by Crippen LogP contribution is 2.32. The van der Waals surface area contributed by atoms with E-state index in [9.17, 15) is 0 Å². The van der Waals surface area contributed by atoms with Crippen LogP contribution in [-0.2, 0) is 6.54 Å². The van der Waals surface area contributed by atoms with E-state index in [-0.39, 0.29) is 0 Å². The molecule has 1 aliphatic rings. The Labute approximate surface area is 163 Å². The van der Waals surface area contributed by atoms with Crippen LogP contribution >= 0.6 is 27.3 Å². The molecular weight excluding hydrogens is 412 g/mol. The molecule has 0 amide bonds. The van der Waals surface area contributed by atoms with Gasteiger partial charge < -0.3 is 9.32 Å². The van der Waals surface area contributed by atoms with Crippen molar-refractivity contribution in [3.63, 3.8) is 0 Å². The molecule has 1 saturated heterocycles. The van der Waals surface area contributed by atoms with Gasteiger partial charge in [-0.3, -0.25) is 4.90 Å². The minimum Gasteiger partial charge on any atom is -0.450 e. The molecule has 26 heavy (non-hydrogen) atoms. The quantitative estimate of drug-likeness (QED) is 0.479. The van der Waals surface area contributed by atoms with Crippen molar-refractivity contribution in [2.45, 2.75) is 6.54 Å². The fourth-order valence-electron chi connectivity index (χ4n) is 3.51. The van der Waals surface area contributed by atoms with Gasteiger partial charge in [0.25, 0.3) is 0 Å². The third-order valence-electron chi connectivity index (χ3n) is 4.82. The van der Waals surface area contributed by atoms with Crippen LogP contribution in [0, 0.1) is 0 Å². The number of aromatic nitrogens is 2. The number of thiophene rings is 1. The summed E-state index contributed by atoms with van der Waals surface area (Å²) in [5.74, 6) is 0.907. The molecule has 1 fully saturated rings. The van der Waals surface area contributed by atoms with E-state index >= 15 is 0 Å². The van der Waals surface area contributed by atoms with E-state index < -0.39 is 0 Å². The standard InChI is InChI=1S/C19H17BrN4OS/c20-16-6-5-13(26-16)11-23-7-9-24(10-8-23)19-18-17(21-12-22-19)14-3-1-2-4-15(14)25-18/h1-6,12H,7-11H2. The Morgan fingerprint density at radius 1 is 1.04 bits per heavy atom. The fraction of sp³-hybridized carbons (Fsp3) is 0.263. The van der Waals surface area contributed by atoms with Crippen LogP contribution in [-0.4, -0.2) is 41.0 Å². The molecule has 3 aromatic heterocycles. The molecule has 1 aromatic carbocycles. The molecule has 132 valence electrons. The zero-order valence-corrected chi connectivity index (χ0v) is 16.5. The Bertz CT molecular complexity index is 1070. The molecule has 5 nitrogen and oxygen atoms in total. The van der Waals surface area contributed by atoms with Gasteiger partial charge in [-0.05, 0) is 40.2 Å². The smallest absolute Gasteiger partial charge is 0.196 e. The van der Waals surface area contributed by atoms with Crippen molar-refractivity contribution >= 4 is 55.2 Å². The predicted octanol–water partition coefficient (Wildman–Crippen LogP) is 4.52. The first kappa shape index (κ1) is 16.2. The van der Waals surface area contributed by atoms with Crippen LogP contribution in [0.1, 0.15) is 4.88 Å². The van der Waals surface area contributed by atoms with E-state index in [0.29, 0.717) is 0 Å². The first-order valence-corrected chi connectivity index (χ1v) is 10.2. The lowest BCUT2D eigenvalue weighted by atomic mass is 10.2. The number of nitrogens with zero attached hydrogens (tertiary/aromatic N) is 4. The minimum absolute atomic E-state index is 0.796. The van der Waals surface area contributed by atoms with Gasteiger partial charge in [0, 0.05) is 43.0 Å². The monoisotopic (exact) mass is 428 g/mol. The molecule has 0 N–H and O–H groups in total. The van der Waals surface area contributed by atoms with Crippen molar-refractivity contribution in [3.8, 4) is 0 Å². The zero-order valence-electron chi connectivity index (χ0n) is 14.1. The van der Waals surface area contributed by atoms with Gasteiger partial charge >= 0.3 is 0 Å². The van der Waals surface area contributed by atoms with E-state index in [0.717, 1.165) is 60.6 Å². The summed E-state index contributed by atoms with van der Waals surface area (Å²) in [4.78, 5) is 15.2. The van der Waals surface area contributed by atoms with Crippen molar-refractivity contribution < 1.29 is 4.42 Å². The van der Waals surface area contributed by atoms with Crippen molar-refractivity contribution in [2.24, 2.45) is 0 Å². The molecular formula is C19H17BrN4OS. The molecule has 0 spiro atoms. The second-order valence-corrected chi connectivity index (χ2v) is 8.99. The number of fused-ring (bicyclic) bond motifs is 3. The number of piperazine rings is 1. The molecule has 7 heteroatoms. The number of rotatable bonds is 3. The Kier molecular flexibility index (Phi) is 4.15. The number of benzene rings is 1. The maximum atomic E-state index is 6.08. The minimum atomic E-state index is 0.796. The highest BCUT2D eigenvalue weighted by atomic mass is 79.9. The summed E-state index contributed by atoms with van der Waals surface area (Å²) in [7, 11) is 0. The third-order valence-corrected chi connectivity index (χ3v) is 6.43. The van der Waals surface area contributed by atoms with Crippen LogP contribution in [0.2, 0.25) is 0 Å². The van der Waals surface area contributed by atoms with Crippen molar-refractivity contribution in [2.75, 3.05) is 31.1 Å². The Morgan fingerprint density at radius 2 is 1.88 bits per heavy atom. The topological polar surface area (TPSA) is 45.4 Å². The number of hydrogen-bond donors (Lipinski definition) is 0. The summed E-state index contributed by atoms with van der Waals surface area (Å²) in [5.41, 5.74) is 2.56. The van der Waals surface area contributed by atoms with Gasteiger partial charge in [-0.2, -0.15) is 0 Å².